The first-order valence-corrected chi connectivity index (χ1v) is 10.00. The second-order valence-corrected chi connectivity index (χ2v) is 8.21. The Kier molecular flexibility index (Phi) is 4.18. The van der Waals surface area contributed by atoms with Gasteiger partial charge in [0, 0.05) is 26.2 Å². The minimum absolute atomic E-state index is 0.0175. The maximum Gasteiger partial charge on any atom is 0.250 e. The van der Waals surface area contributed by atoms with Crippen molar-refractivity contribution in [3.05, 3.63) is 29.6 Å². The van der Waals surface area contributed by atoms with Gasteiger partial charge in [0.1, 0.15) is 11.3 Å². The van der Waals surface area contributed by atoms with Crippen LogP contribution in [0, 0.1) is 5.92 Å². The third-order valence-electron chi connectivity index (χ3n) is 6.56. The molecule has 2 bridgehead atoms. The van der Waals surface area contributed by atoms with Crippen molar-refractivity contribution in [1.82, 2.24) is 19.8 Å². The van der Waals surface area contributed by atoms with Gasteiger partial charge < -0.3 is 15.5 Å². The average Bonchev–Trinajstić information content (AvgIpc) is 3.32. The Morgan fingerprint density at radius 2 is 2.11 bits per heavy atom. The Hall–Kier alpha value is -1.96. The molecule has 1 aromatic carbocycles. The van der Waals surface area contributed by atoms with Crippen molar-refractivity contribution in [2.24, 2.45) is 11.7 Å². The Bertz CT molecular complexity index is 851. The first-order chi connectivity index (χ1) is 13.2. The van der Waals surface area contributed by atoms with Gasteiger partial charge >= 0.3 is 0 Å². The lowest BCUT2D eigenvalue weighted by Gasteiger charge is -2.41. The maximum atomic E-state index is 11.7. The molecule has 6 rings (SSSR count). The summed E-state index contributed by atoms with van der Waals surface area (Å²) < 4.78 is 5.43. The minimum atomic E-state index is -0.420. The highest BCUT2D eigenvalue weighted by molar-refractivity contribution is 6.04. The number of carbonyl (C=O) groups is 1. The summed E-state index contributed by atoms with van der Waals surface area (Å²) in [6, 6.07) is 5.59. The number of nitrogens with zero attached hydrogens (tertiary/aromatic N) is 3. The van der Waals surface area contributed by atoms with Crippen molar-refractivity contribution in [2.45, 2.75) is 24.8 Å². The standard InChI is InChI=1S/C20H27N5O2/c21-18(26)15-3-1-4-16-17(15)23-19(22-16)20-11-14(12-20)13-25(20)6-2-5-24-7-9-27-10-8-24/h1,3-4,14H,2,5-13H2,(H2,21,26)(H,22,23). The summed E-state index contributed by atoms with van der Waals surface area (Å²) >= 11 is 0. The van der Waals surface area contributed by atoms with Gasteiger partial charge in [0.2, 0.25) is 0 Å². The molecule has 2 aromatic rings. The normalized spacial score (nSPS) is 28.5. The highest BCUT2D eigenvalue weighted by Crippen LogP contribution is 2.56. The van der Waals surface area contributed by atoms with Gasteiger partial charge in [0.15, 0.2) is 0 Å². The number of H-pyrrole nitrogens is 1. The molecular weight excluding hydrogens is 342 g/mol. The second kappa shape index (κ2) is 6.58. The lowest BCUT2D eigenvalue weighted by Crippen LogP contribution is -2.45. The van der Waals surface area contributed by atoms with Gasteiger partial charge in [-0.05, 0) is 43.9 Å². The number of para-hydroxylation sites is 1. The lowest BCUT2D eigenvalue weighted by molar-refractivity contribution is 0.0333. The molecule has 7 nitrogen and oxygen atoms in total. The summed E-state index contributed by atoms with van der Waals surface area (Å²) in [7, 11) is 0. The van der Waals surface area contributed by atoms with E-state index in [2.05, 4.69) is 14.8 Å². The predicted molar refractivity (Wildman–Crippen MR) is 102 cm³/mol. The summed E-state index contributed by atoms with van der Waals surface area (Å²) in [6.07, 6.45) is 3.49. The second-order valence-electron chi connectivity index (χ2n) is 8.21. The number of rotatable bonds is 6. The summed E-state index contributed by atoms with van der Waals surface area (Å²) in [5.41, 5.74) is 7.66. The highest BCUT2D eigenvalue weighted by atomic mass is 16.5. The fraction of sp³-hybridized carbons (Fsp3) is 0.600. The number of ether oxygens (including phenoxy) is 1. The van der Waals surface area contributed by atoms with E-state index in [1.165, 1.54) is 6.42 Å². The Morgan fingerprint density at radius 3 is 2.89 bits per heavy atom. The van der Waals surface area contributed by atoms with Crippen LogP contribution in [0.25, 0.3) is 11.0 Å². The van der Waals surface area contributed by atoms with Crippen molar-refractivity contribution in [1.29, 1.82) is 0 Å². The van der Waals surface area contributed by atoms with Crippen LogP contribution < -0.4 is 5.73 Å². The third kappa shape index (κ3) is 2.85. The van der Waals surface area contributed by atoms with Gasteiger partial charge in [-0.3, -0.25) is 14.6 Å². The van der Waals surface area contributed by atoms with Crippen LogP contribution in [0.15, 0.2) is 18.2 Å². The van der Waals surface area contributed by atoms with E-state index < -0.39 is 5.91 Å². The van der Waals surface area contributed by atoms with E-state index in [0.717, 1.165) is 76.0 Å². The predicted octanol–water partition coefficient (Wildman–Crippen LogP) is 1.30. The minimum Gasteiger partial charge on any atom is -0.379 e. The molecule has 144 valence electrons. The highest BCUT2D eigenvalue weighted by Gasteiger charge is 2.58. The molecule has 7 heteroatoms. The van der Waals surface area contributed by atoms with Crippen LogP contribution in [0.3, 0.4) is 0 Å². The number of fused-ring (bicyclic) bond motifs is 2. The monoisotopic (exact) mass is 369 g/mol. The van der Waals surface area contributed by atoms with Crippen LogP contribution >= 0.6 is 0 Å². The zero-order chi connectivity index (χ0) is 18.4. The molecule has 4 heterocycles. The van der Waals surface area contributed by atoms with E-state index in [9.17, 15) is 4.79 Å². The molecule has 0 unspecified atom stereocenters. The Balaban J connectivity index is 1.33. The van der Waals surface area contributed by atoms with Crippen molar-refractivity contribution >= 4 is 16.9 Å². The van der Waals surface area contributed by atoms with E-state index in [0.29, 0.717) is 11.1 Å². The number of amides is 1. The topological polar surface area (TPSA) is 87.5 Å². The van der Waals surface area contributed by atoms with E-state index in [1.807, 2.05) is 12.1 Å². The molecule has 4 fully saturated rings. The van der Waals surface area contributed by atoms with E-state index in [4.69, 9.17) is 15.5 Å². The molecule has 1 saturated carbocycles. The van der Waals surface area contributed by atoms with Crippen LogP contribution in [0.2, 0.25) is 0 Å². The molecule has 3 aliphatic heterocycles. The van der Waals surface area contributed by atoms with Crippen LogP contribution in [-0.4, -0.2) is 71.6 Å². The Labute approximate surface area is 158 Å². The number of benzene rings is 1. The third-order valence-corrected chi connectivity index (χ3v) is 6.56. The van der Waals surface area contributed by atoms with Crippen LogP contribution in [0.5, 0.6) is 0 Å². The fourth-order valence-corrected chi connectivity index (χ4v) is 5.18. The molecule has 1 aliphatic carbocycles. The van der Waals surface area contributed by atoms with Gasteiger partial charge in [-0.2, -0.15) is 0 Å². The Morgan fingerprint density at radius 1 is 1.30 bits per heavy atom. The summed E-state index contributed by atoms with van der Waals surface area (Å²) in [5, 5.41) is 0. The quantitative estimate of drug-likeness (QED) is 0.802. The number of hydrogen-bond donors (Lipinski definition) is 2. The summed E-state index contributed by atoms with van der Waals surface area (Å²) in [5.74, 6) is 1.36. The largest absolute Gasteiger partial charge is 0.379 e. The molecular formula is C20H27N5O2. The van der Waals surface area contributed by atoms with Gasteiger partial charge in [-0.25, -0.2) is 4.98 Å². The first kappa shape index (κ1) is 17.2. The lowest BCUT2D eigenvalue weighted by atomic mass is 9.72. The van der Waals surface area contributed by atoms with Crippen molar-refractivity contribution < 1.29 is 9.53 Å². The van der Waals surface area contributed by atoms with Crippen LogP contribution in [-0.2, 0) is 10.3 Å². The summed E-state index contributed by atoms with van der Waals surface area (Å²) in [6.45, 7) is 7.19. The number of hydrogen-bond acceptors (Lipinski definition) is 5. The number of imidazole rings is 1. The van der Waals surface area contributed by atoms with E-state index >= 15 is 0 Å². The maximum absolute atomic E-state index is 11.7. The van der Waals surface area contributed by atoms with Crippen LogP contribution in [0.1, 0.15) is 35.4 Å². The number of aromatic nitrogens is 2. The average molecular weight is 369 g/mol. The van der Waals surface area contributed by atoms with E-state index in [1.54, 1.807) is 6.07 Å². The zero-order valence-electron chi connectivity index (χ0n) is 15.6. The van der Waals surface area contributed by atoms with Crippen molar-refractivity contribution in [3.8, 4) is 0 Å². The van der Waals surface area contributed by atoms with Gasteiger partial charge in [0.25, 0.3) is 5.91 Å². The van der Waals surface area contributed by atoms with E-state index in [-0.39, 0.29) is 5.54 Å². The van der Waals surface area contributed by atoms with Gasteiger partial charge in [-0.15, -0.1) is 0 Å². The zero-order valence-corrected chi connectivity index (χ0v) is 15.6. The molecule has 1 amide bonds. The number of nitrogens with two attached hydrogens (primary N) is 1. The number of primary amides is 1. The van der Waals surface area contributed by atoms with Gasteiger partial charge in [0.05, 0.1) is 29.8 Å². The number of nitrogens with one attached hydrogen (secondary N) is 1. The molecule has 3 saturated heterocycles. The summed E-state index contributed by atoms with van der Waals surface area (Å²) in [4.78, 5) is 25.2. The molecule has 4 aliphatic rings. The molecule has 0 atom stereocenters. The molecule has 3 N–H and O–H groups in total. The smallest absolute Gasteiger partial charge is 0.250 e. The number of morpholine rings is 1. The van der Waals surface area contributed by atoms with Crippen LogP contribution in [0.4, 0.5) is 0 Å². The number of aromatic amines is 1. The fourth-order valence-electron chi connectivity index (χ4n) is 5.18. The van der Waals surface area contributed by atoms with Crippen molar-refractivity contribution in [2.75, 3.05) is 45.9 Å². The SMILES string of the molecule is NC(=O)c1cccc2[nH]c(C34CC(CN3CCCN3CCOCC3)C4)nc12. The number of carbonyl (C=O) groups excluding carboxylic acids is 1. The molecule has 0 radical (unpaired) electrons. The van der Waals surface area contributed by atoms with Crippen molar-refractivity contribution in [3.63, 3.8) is 0 Å². The molecule has 1 aromatic heterocycles. The first-order valence-electron chi connectivity index (χ1n) is 10.00. The van der Waals surface area contributed by atoms with Gasteiger partial charge in [-0.1, -0.05) is 6.07 Å². The molecule has 27 heavy (non-hydrogen) atoms. The molecule has 0 spiro atoms.